The summed E-state index contributed by atoms with van der Waals surface area (Å²) in [5, 5.41) is 4.44. The van der Waals surface area contributed by atoms with E-state index in [1.54, 1.807) is 0 Å². The van der Waals surface area contributed by atoms with Gasteiger partial charge in [-0.1, -0.05) is 80.4 Å². The molecule has 0 unspecified atom stereocenters. The van der Waals surface area contributed by atoms with Crippen LogP contribution in [0.3, 0.4) is 0 Å². The van der Waals surface area contributed by atoms with Crippen LogP contribution in [0.2, 0.25) is 0 Å². The molecule has 0 heterocycles. The summed E-state index contributed by atoms with van der Waals surface area (Å²) in [4.78, 5) is 23.6. The minimum Gasteiger partial charge on any atom is -0.294 e. The first-order valence-corrected chi connectivity index (χ1v) is 11.6. The Balaban J connectivity index is 0.000000128. The van der Waals surface area contributed by atoms with Crippen molar-refractivity contribution in [1.29, 1.82) is 0 Å². The molecule has 0 saturated carbocycles. The molecule has 148 valence electrons. The van der Waals surface area contributed by atoms with Gasteiger partial charge in [-0.15, -0.1) is 0 Å². The van der Waals surface area contributed by atoms with Gasteiger partial charge in [0.05, 0.1) is 0 Å². The van der Waals surface area contributed by atoms with Crippen molar-refractivity contribution in [1.82, 2.24) is 0 Å². The molecule has 2 nitrogen and oxygen atoms in total. The molecule has 2 aliphatic rings. The van der Waals surface area contributed by atoms with Crippen LogP contribution in [0.4, 0.5) is 0 Å². The maximum atomic E-state index is 11.8. The minimum absolute atomic E-state index is 0.286. The third-order valence-electron chi connectivity index (χ3n) is 5.95. The molecule has 0 N–H and O–H groups in total. The van der Waals surface area contributed by atoms with E-state index < -0.39 is 0 Å². The zero-order valence-electron chi connectivity index (χ0n) is 16.2. The van der Waals surface area contributed by atoms with Gasteiger partial charge in [0.2, 0.25) is 0 Å². The third-order valence-corrected chi connectivity index (χ3v) is 7.26. The molecule has 4 aromatic rings. The van der Waals surface area contributed by atoms with E-state index in [-0.39, 0.29) is 11.6 Å². The van der Waals surface area contributed by atoms with Crippen LogP contribution in [0.25, 0.3) is 21.5 Å². The topological polar surface area (TPSA) is 34.1 Å². The lowest BCUT2D eigenvalue weighted by Gasteiger charge is -2.06. The van der Waals surface area contributed by atoms with Gasteiger partial charge in [-0.3, -0.25) is 9.59 Å². The summed E-state index contributed by atoms with van der Waals surface area (Å²) in [6.45, 7) is 0. The van der Waals surface area contributed by atoms with Crippen molar-refractivity contribution in [3.63, 3.8) is 0 Å². The van der Waals surface area contributed by atoms with Crippen molar-refractivity contribution < 1.29 is 9.59 Å². The Bertz CT molecular complexity index is 1250. The number of ketones is 2. The quantitative estimate of drug-likeness (QED) is 0.240. The first kappa shape index (κ1) is 19.7. The lowest BCUT2D eigenvalue weighted by atomic mass is 10.0. The van der Waals surface area contributed by atoms with Crippen LogP contribution in [0.5, 0.6) is 0 Å². The van der Waals surface area contributed by atoms with Crippen molar-refractivity contribution in [3.05, 3.63) is 91.9 Å². The van der Waals surface area contributed by atoms with Gasteiger partial charge in [0.1, 0.15) is 0 Å². The van der Waals surface area contributed by atoms with E-state index in [1.165, 1.54) is 11.1 Å². The second kappa shape index (κ2) is 7.75. The minimum atomic E-state index is 0.286. The summed E-state index contributed by atoms with van der Waals surface area (Å²) in [5.74, 6) is 0.572. The highest BCUT2D eigenvalue weighted by Crippen LogP contribution is 2.35. The molecule has 30 heavy (non-hydrogen) atoms. The first-order chi connectivity index (χ1) is 14.5. The number of benzene rings is 4. The van der Waals surface area contributed by atoms with E-state index in [0.717, 1.165) is 54.5 Å². The Morgan fingerprint density at radius 3 is 1.30 bits per heavy atom. The summed E-state index contributed by atoms with van der Waals surface area (Å²) in [6, 6.07) is 20.3. The van der Waals surface area contributed by atoms with Crippen LogP contribution in [-0.4, -0.2) is 11.6 Å². The third kappa shape index (κ3) is 3.23. The monoisotopic (exact) mass is 520 g/mol. The van der Waals surface area contributed by atoms with Crippen molar-refractivity contribution in [2.45, 2.75) is 25.7 Å². The fourth-order valence-electron chi connectivity index (χ4n) is 4.57. The molecular weight excluding hydrogens is 504 g/mol. The largest absolute Gasteiger partial charge is 0.294 e. The van der Waals surface area contributed by atoms with Crippen molar-refractivity contribution in [3.8, 4) is 0 Å². The van der Waals surface area contributed by atoms with Crippen molar-refractivity contribution in [2.24, 2.45) is 0 Å². The zero-order chi connectivity index (χ0) is 20.8. The van der Waals surface area contributed by atoms with Crippen LogP contribution in [0.1, 0.15) is 44.7 Å². The molecule has 6 rings (SSSR count). The number of hydrogen-bond donors (Lipinski definition) is 0. The zero-order valence-corrected chi connectivity index (χ0v) is 19.3. The molecule has 2 aliphatic carbocycles. The highest BCUT2D eigenvalue weighted by atomic mass is 79.9. The molecular formula is C26H18Br2O2. The predicted octanol–water partition coefficient (Wildman–Crippen LogP) is 7.46. The Morgan fingerprint density at radius 2 is 0.900 bits per heavy atom. The fourth-order valence-corrected chi connectivity index (χ4v) is 5.81. The maximum absolute atomic E-state index is 11.8. The Morgan fingerprint density at radius 1 is 0.533 bits per heavy atom. The summed E-state index contributed by atoms with van der Waals surface area (Å²) in [6.07, 6.45) is 3.10. The van der Waals surface area contributed by atoms with Crippen LogP contribution < -0.4 is 0 Å². The number of carbonyl (C=O) groups is 2. The summed E-state index contributed by atoms with van der Waals surface area (Å²) < 4.78 is 2.18. The van der Waals surface area contributed by atoms with Crippen molar-refractivity contribution >= 4 is 65.0 Å². The summed E-state index contributed by atoms with van der Waals surface area (Å²) >= 11 is 7.12. The van der Waals surface area contributed by atoms with Gasteiger partial charge in [-0.05, 0) is 57.6 Å². The Labute approximate surface area is 191 Å². The van der Waals surface area contributed by atoms with E-state index in [2.05, 4.69) is 44.0 Å². The predicted molar refractivity (Wildman–Crippen MR) is 129 cm³/mol. The highest BCUT2D eigenvalue weighted by Gasteiger charge is 2.23. The second-order valence-corrected chi connectivity index (χ2v) is 9.43. The molecule has 0 bridgehead atoms. The first-order valence-electron chi connectivity index (χ1n) is 10.0. The maximum Gasteiger partial charge on any atom is 0.164 e. The lowest BCUT2D eigenvalue weighted by Crippen LogP contribution is -1.93. The number of hydrogen-bond acceptors (Lipinski definition) is 2. The van der Waals surface area contributed by atoms with Gasteiger partial charge in [-0.2, -0.15) is 0 Å². The number of aryl methyl sites for hydroxylation is 2. The molecule has 0 aliphatic heterocycles. The van der Waals surface area contributed by atoms with Crippen LogP contribution >= 0.6 is 31.9 Å². The molecule has 0 amide bonds. The Kier molecular flexibility index (Phi) is 5.08. The SMILES string of the molecule is O=C1CCc2cc(Br)c3ccccc3c21.O=C1CCc2cc(Br)c3ccccc3c21. The molecule has 0 saturated heterocycles. The highest BCUT2D eigenvalue weighted by molar-refractivity contribution is 9.11. The van der Waals surface area contributed by atoms with Crippen LogP contribution in [0.15, 0.2) is 69.6 Å². The normalized spacial score (nSPS) is 14.6. The number of rotatable bonds is 0. The molecule has 0 aromatic heterocycles. The standard InChI is InChI=1S/2C13H9BrO/c2*14-11-7-8-5-6-12(15)13(8)10-4-2-1-3-9(10)11/h2*1-4,7H,5-6H2. The van der Waals surface area contributed by atoms with Gasteiger partial charge >= 0.3 is 0 Å². The van der Waals surface area contributed by atoms with E-state index in [9.17, 15) is 9.59 Å². The molecule has 4 aromatic carbocycles. The molecule has 0 fully saturated rings. The van der Waals surface area contributed by atoms with Gasteiger partial charge in [-0.25, -0.2) is 0 Å². The molecule has 0 radical (unpaired) electrons. The van der Waals surface area contributed by atoms with E-state index in [4.69, 9.17) is 0 Å². The smallest absolute Gasteiger partial charge is 0.164 e. The fraction of sp³-hybridized carbons (Fsp3) is 0.154. The van der Waals surface area contributed by atoms with Crippen molar-refractivity contribution in [2.75, 3.05) is 0 Å². The van der Waals surface area contributed by atoms with Crippen LogP contribution in [0, 0.1) is 0 Å². The summed E-state index contributed by atoms with van der Waals surface area (Å²) in [5.41, 5.74) is 4.25. The Hall–Kier alpha value is -2.30. The molecule has 0 spiro atoms. The van der Waals surface area contributed by atoms with E-state index in [1.807, 2.05) is 48.5 Å². The van der Waals surface area contributed by atoms with E-state index in [0.29, 0.717) is 12.8 Å². The number of fused-ring (bicyclic) bond motifs is 6. The number of Topliss-reactive ketones (excluding diaryl/α,β-unsaturated/α-hetero) is 2. The average molecular weight is 522 g/mol. The van der Waals surface area contributed by atoms with Gasteiger partial charge in [0.25, 0.3) is 0 Å². The van der Waals surface area contributed by atoms with Crippen LogP contribution in [-0.2, 0) is 12.8 Å². The summed E-state index contributed by atoms with van der Waals surface area (Å²) in [7, 11) is 0. The van der Waals surface area contributed by atoms with Gasteiger partial charge in [0, 0.05) is 32.9 Å². The molecule has 0 atom stereocenters. The lowest BCUT2D eigenvalue weighted by molar-refractivity contribution is 0.0988. The van der Waals surface area contributed by atoms with E-state index >= 15 is 0 Å². The number of halogens is 2. The average Bonchev–Trinajstić information content (AvgIpc) is 3.31. The second-order valence-electron chi connectivity index (χ2n) is 7.72. The molecule has 4 heteroatoms. The van der Waals surface area contributed by atoms with Gasteiger partial charge < -0.3 is 0 Å². The van der Waals surface area contributed by atoms with Gasteiger partial charge in [0.15, 0.2) is 11.6 Å². The number of carbonyl (C=O) groups excluding carboxylic acids is 2.